The maximum atomic E-state index is 11.2. The first-order chi connectivity index (χ1) is 11.8. The van der Waals surface area contributed by atoms with Gasteiger partial charge in [0.05, 0.1) is 5.75 Å². The molecule has 0 spiro atoms. The highest BCUT2D eigenvalue weighted by Crippen LogP contribution is 2.40. The van der Waals surface area contributed by atoms with E-state index in [0.717, 1.165) is 17.0 Å². The largest absolute Gasteiger partial charge is 0.356 e. The molecule has 2 rings (SSSR count). The zero-order valence-electron chi connectivity index (χ0n) is 15.0. The second kappa shape index (κ2) is 9.03. The summed E-state index contributed by atoms with van der Waals surface area (Å²) in [5, 5.41) is 6.65. The van der Waals surface area contributed by atoms with Crippen molar-refractivity contribution in [2.75, 3.05) is 32.1 Å². The third-order valence-electron chi connectivity index (χ3n) is 4.82. The van der Waals surface area contributed by atoms with Gasteiger partial charge in [0.25, 0.3) is 0 Å². The average molecular weight is 430 g/mol. The van der Waals surface area contributed by atoms with Crippen LogP contribution in [0.1, 0.15) is 37.7 Å². The topological polar surface area (TPSA) is 70.6 Å². The minimum atomic E-state index is -2.91. The predicted octanol–water partition coefficient (Wildman–Crippen LogP) is 2.86. The van der Waals surface area contributed by atoms with Gasteiger partial charge in [0.1, 0.15) is 9.84 Å². The molecule has 25 heavy (non-hydrogen) atoms. The molecule has 2 N–H and O–H groups in total. The molecule has 1 aliphatic rings. The highest BCUT2D eigenvalue weighted by atomic mass is 79.9. The van der Waals surface area contributed by atoms with Gasteiger partial charge in [-0.3, -0.25) is 4.99 Å². The quantitative estimate of drug-likeness (QED) is 0.397. The summed E-state index contributed by atoms with van der Waals surface area (Å²) in [5.74, 6) is 0.928. The Balaban J connectivity index is 1.92. The van der Waals surface area contributed by atoms with Crippen LogP contribution in [0.3, 0.4) is 0 Å². The van der Waals surface area contributed by atoms with Crippen molar-refractivity contribution in [3.8, 4) is 0 Å². The molecule has 0 aliphatic heterocycles. The summed E-state index contributed by atoms with van der Waals surface area (Å²) in [5.41, 5.74) is 1.51. The van der Waals surface area contributed by atoms with E-state index < -0.39 is 9.84 Å². The van der Waals surface area contributed by atoms with Crippen molar-refractivity contribution in [3.63, 3.8) is 0 Å². The Kier molecular flexibility index (Phi) is 7.31. The number of halogens is 1. The summed E-state index contributed by atoms with van der Waals surface area (Å²) >= 11 is 3.51. The van der Waals surface area contributed by atoms with Crippen LogP contribution < -0.4 is 10.6 Å². The molecule has 0 heterocycles. The van der Waals surface area contributed by atoms with E-state index in [0.29, 0.717) is 13.0 Å². The van der Waals surface area contributed by atoms with E-state index in [9.17, 15) is 8.42 Å². The number of rotatable bonds is 7. The Labute approximate surface area is 159 Å². The van der Waals surface area contributed by atoms with Crippen LogP contribution in [0.5, 0.6) is 0 Å². The van der Waals surface area contributed by atoms with Crippen molar-refractivity contribution in [3.05, 3.63) is 34.3 Å². The van der Waals surface area contributed by atoms with Gasteiger partial charge in [-0.1, -0.05) is 40.9 Å². The van der Waals surface area contributed by atoms with Gasteiger partial charge in [0, 0.05) is 36.3 Å². The molecule has 0 radical (unpaired) electrons. The monoisotopic (exact) mass is 429 g/mol. The summed E-state index contributed by atoms with van der Waals surface area (Å²) in [7, 11) is -1.16. The number of nitrogens with zero attached hydrogens (tertiary/aromatic N) is 1. The summed E-state index contributed by atoms with van der Waals surface area (Å²) in [6.07, 6.45) is 6.69. The molecular weight excluding hydrogens is 402 g/mol. The first-order valence-electron chi connectivity index (χ1n) is 8.73. The lowest BCUT2D eigenvalue weighted by Crippen LogP contribution is -2.45. The van der Waals surface area contributed by atoms with Crippen molar-refractivity contribution in [1.82, 2.24) is 10.6 Å². The first kappa shape index (κ1) is 20.2. The molecule has 1 aromatic rings. The fourth-order valence-corrected chi connectivity index (χ4v) is 4.37. The van der Waals surface area contributed by atoms with Crippen molar-refractivity contribution in [1.29, 1.82) is 0 Å². The molecule has 5 nitrogen and oxygen atoms in total. The number of guanidine groups is 1. The molecule has 0 amide bonds. The third-order valence-corrected chi connectivity index (χ3v) is 6.38. The smallest absolute Gasteiger partial charge is 0.191 e. The third kappa shape index (κ3) is 6.29. The fraction of sp³-hybridized carbons (Fsp3) is 0.611. The molecule has 1 aliphatic carbocycles. The average Bonchev–Trinajstić information content (AvgIpc) is 3.04. The summed E-state index contributed by atoms with van der Waals surface area (Å²) in [6.45, 7) is 1.43. The van der Waals surface area contributed by atoms with Crippen LogP contribution in [-0.2, 0) is 15.3 Å². The van der Waals surface area contributed by atoms with Gasteiger partial charge in [-0.25, -0.2) is 8.42 Å². The van der Waals surface area contributed by atoms with Crippen LogP contribution in [0.25, 0.3) is 0 Å². The second-order valence-electron chi connectivity index (χ2n) is 6.83. The molecule has 0 atom stereocenters. The van der Waals surface area contributed by atoms with Crippen LogP contribution in [-0.4, -0.2) is 46.5 Å². The molecule has 1 fully saturated rings. The standard InChI is InChI=1S/C18H28BrN3O2S/c1-20-17(21-12-5-13-25(2,23)24)22-14-18(10-3-4-11-18)15-6-8-16(19)9-7-15/h6-9H,3-5,10-14H2,1-2H3,(H2,20,21,22). The summed E-state index contributed by atoms with van der Waals surface area (Å²) in [6, 6.07) is 8.63. The molecule has 1 aromatic carbocycles. The van der Waals surface area contributed by atoms with E-state index in [2.05, 4.69) is 55.8 Å². The molecule has 0 bridgehead atoms. The van der Waals surface area contributed by atoms with Crippen LogP contribution in [0.2, 0.25) is 0 Å². The van der Waals surface area contributed by atoms with Crippen molar-refractivity contribution >= 4 is 31.7 Å². The van der Waals surface area contributed by atoms with Gasteiger partial charge in [0.2, 0.25) is 0 Å². The molecule has 0 unspecified atom stereocenters. The second-order valence-corrected chi connectivity index (χ2v) is 10.0. The van der Waals surface area contributed by atoms with Crippen molar-refractivity contribution in [2.45, 2.75) is 37.5 Å². The maximum absolute atomic E-state index is 11.2. The minimum Gasteiger partial charge on any atom is -0.356 e. The van der Waals surface area contributed by atoms with Crippen LogP contribution in [0.15, 0.2) is 33.7 Å². The van der Waals surface area contributed by atoms with E-state index in [1.807, 2.05) is 0 Å². The fourth-order valence-electron chi connectivity index (χ4n) is 3.44. The van der Waals surface area contributed by atoms with Gasteiger partial charge in [0.15, 0.2) is 5.96 Å². The highest BCUT2D eigenvalue weighted by molar-refractivity contribution is 9.10. The van der Waals surface area contributed by atoms with E-state index in [4.69, 9.17) is 0 Å². The van der Waals surface area contributed by atoms with Gasteiger partial charge in [-0.05, 0) is 37.0 Å². The van der Waals surface area contributed by atoms with Crippen molar-refractivity contribution in [2.24, 2.45) is 4.99 Å². The van der Waals surface area contributed by atoms with Gasteiger partial charge in [-0.2, -0.15) is 0 Å². The molecule has 140 valence electrons. The highest BCUT2D eigenvalue weighted by Gasteiger charge is 2.35. The zero-order chi connectivity index (χ0) is 18.3. The Hall–Kier alpha value is -1.08. The normalized spacial score (nSPS) is 17.5. The SMILES string of the molecule is CN=C(NCCCS(C)(=O)=O)NCC1(c2ccc(Br)cc2)CCCC1. The summed E-state index contributed by atoms with van der Waals surface area (Å²) in [4.78, 5) is 4.26. The van der Waals surface area contributed by atoms with Crippen LogP contribution >= 0.6 is 15.9 Å². The molecule has 7 heteroatoms. The van der Waals surface area contributed by atoms with E-state index in [1.54, 1.807) is 7.05 Å². The summed E-state index contributed by atoms with van der Waals surface area (Å²) < 4.78 is 23.5. The number of nitrogens with one attached hydrogen (secondary N) is 2. The Morgan fingerprint density at radius 2 is 1.84 bits per heavy atom. The van der Waals surface area contributed by atoms with Crippen molar-refractivity contribution < 1.29 is 8.42 Å². The number of benzene rings is 1. The lowest BCUT2D eigenvalue weighted by atomic mass is 9.79. The lowest BCUT2D eigenvalue weighted by Gasteiger charge is -2.31. The van der Waals surface area contributed by atoms with E-state index >= 15 is 0 Å². The number of sulfone groups is 1. The Morgan fingerprint density at radius 1 is 1.20 bits per heavy atom. The minimum absolute atomic E-state index is 0.144. The lowest BCUT2D eigenvalue weighted by molar-refractivity contribution is 0.431. The van der Waals surface area contributed by atoms with Gasteiger partial charge >= 0.3 is 0 Å². The molecule has 0 saturated heterocycles. The first-order valence-corrected chi connectivity index (χ1v) is 11.6. The molecule has 1 saturated carbocycles. The predicted molar refractivity (Wildman–Crippen MR) is 108 cm³/mol. The van der Waals surface area contributed by atoms with Crippen LogP contribution in [0, 0.1) is 0 Å². The van der Waals surface area contributed by atoms with Gasteiger partial charge < -0.3 is 10.6 Å². The number of hydrogen-bond acceptors (Lipinski definition) is 3. The molecular formula is C18H28BrN3O2S. The van der Waals surface area contributed by atoms with E-state index in [-0.39, 0.29) is 11.2 Å². The maximum Gasteiger partial charge on any atom is 0.191 e. The number of hydrogen-bond donors (Lipinski definition) is 2. The zero-order valence-corrected chi connectivity index (χ0v) is 17.4. The van der Waals surface area contributed by atoms with Crippen LogP contribution in [0.4, 0.5) is 0 Å². The van der Waals surface area contributed by atoms with E-state index in [1.165, 1.54) is 37.5 Å². The Bertz CT molecular complexity index is 681. The van der Waals surface area contributed by atoms with Gasteiger partial charge in [-0.15, -0.1) is 0 Å². The molecule has 0 aromatic heterocycles. The number of aliphatic imine (C=N–C) groups is 1. The Morgan fingerprint density at radius 3 is 2.40 bits per heavy atom.